The van der Waals surface area contributed by atoms with Crippen molar-refractivity contribution >= 4 is 11.6 Å². The van der Waals surface area contributed by atoms with Crippen molar-refractivity contribution in [1.29, 1.82) is 0 Å². The topological polar surface area (TPSA) is 32.7 Å². The first-order valence-corrected chi connectivity index (χ1v) is 6.58. The van der Waals surface area contributed by atoms with Crippen LogP contribution in [-0.2, 0) is 0 Å². The van der Waals surface area contributed by atoms with Crippen molar-refractivity contribution in [2.45, 2.75) is 26.9 Å². The van der Waals surface area contributed by atoms with Crippen LogP contribution >= 0.6 is 11.6 Å². The molecule has 0 radical (unpaired) electrons. The fourth-order valence-corrected chi connectivity index (χ4v) is 1.83. The largest absolute Gasteiger partial charge is 0.491 e. The van der Waals surface area contributed by atoms with Gasteiger partial charge in [0.2, 0.25) is 0 Å². The molecule has 0 saturated heterocycles. The molecule has 1 aromatic carbocycles. The van der Waals surface area contributed by atoms with Gasteiger partial charge in [-0.05, 0) is 50.7 Å². The molecular weight excluding hydrogens is 250 g/mol. The van der Waals surface area contributed by atoms with Crippen LogP contribution in [0.15, 0.2) is 12.1 Å². The Morgan fingerprint density at radius 1 is 1.33 bits per heavy atom. The van der Waals surface area contributed by atoms with Crippen LogP contribution in [0.2, 0.25) is 5.02 Å². The van der Waals surface area contributed by atoms with Crippen LogP contribution in [0.5, 0.6) is 5.75 Å². The zero-order valence-electron chi connectivity index (χ0n) is 11.5. The molecule has 1 atom stereocenters. The van der Waals surface area contributed by atoms with Crippen molar-refractivity contribution in [2.75, 3.05) is 26.7 Å². The van der Waals surface area contributed by atoms with Gasteiger partial charge >= 0.3 is 0 Å². The van der Waals surface area contributed by atoms with E-state index in [1.807, 2.05) is 37.9 Å². The molecule has 102 valence electrons. The van der Waals surface area contributed by atoms with Crippen molar-refractivity contribution in [1.82, 2.24) is 4.90 Å². The number of likely N-dealkylation sites (N-methyl/N-ethyl adjacent to an activating group) is 1. The molecule has 1 rings (SSSR count). The molecule has 0 bridgehead atoms. The van der Waals surface area contributed by atoms with Crippen molar-refractivity contribution in [3.05, 3.63) is 28.3 Å². The Morgan fingerprint density at radius 2 is 1.89 bits per heavy atom. The van der Waals surface area contributed by atoms with Gasteiger partial charge in [-0.3, -0.25) is 0 Å². The third kappa shape index (κ3) is 4.48. The average molecular weight is 272 g/mol. The molecule has 0 spiro atoms. The molecule has 0 aliphatic carbocycles. The van der Waals surface area contributed by atoms with Gasteiger partial charge in [0.15, 0.2) is 0 Å². The molecular formula is C14H22ClNO2. The summed E-state index contributed by atoms with van der Waals surface area (Å²) in [6.45, 7) is 7.77. The van der Waals surface area contributed by atoms with Crippen LogP contribution in [0.1, 0.15) is 18.1 Å². The lowest BCUT2D eigenvalue weighted by Crippen LogP contribution is -2.32. The van der Waals surface area contributed by atoms with Crippen molar-refractivity contribution in [3.63, 3.8) is 0 Å². The molecule has 0 amide bonds. The quantitative estimate of drug-likeness (QED) is 0.863. The minimum atomic E-state index is -0.480. The second-order valence-electron chi connectivity index (χ2n) is 4.69. The van der Waals surface area contributed by atoms with Gasteiger partial charge in [-0.1, -0.05) is 18.5 Å². The molecule has 0 aliphatic rings. The number of aryl methyl sites for hydroxylation is 2. The van der Waals surface area contributed by atoms with Gasteiger partial charge in [0, 0.05) is 11.6 Å². The Bertz CT molecular complexity index is 372. The van der Waals surface area contributed by atoms with Crippen LogP contribution in [0.25, 0.3) is 0 Å². The highest BCUT2D eigenvalue weighted by molar-refractivity contribution is 6.32. The number of ether oxygens (including phenoxy) is 1. The van der Waals surface area contributed by atoms with Crippen LogP contribution in [0.3, 0.4) is 0 Å². The van der Waals surface area contributed by atoms with Gasteiger partial charge in [-0.15, -0.1) is 0 Å². The number of benzene rings is 1. The number of aliphatic hydroxyl groups is 1. The van der Waals surface area contributed by atoms with E-state index in [4.69, 9.17) is 16.3 Å². The SMILES string of the molecule is CCN(C)CC(O)COc1cc(C)c(Cl)c(C)c1. The number of aliphatic hydroxyl groups excluding tert-OH is 1. The van der Waals surface area contributed by atoms with Crippen LogP contribution in [-0.4, -0.2) is 42.9 Å². The number of nitrogens with zero attached hydrogens (tertiary/aromatic N) is 1. The van der Waals surface area contributed by atoms with Crippen molar-refractivity contribution < 1.29 is 9.84 Å². The lowest BCUT2D eigenvalue weighted by molar-refractivity contribution is 0.0778. The zero-order valence-corrected chi connectivity index (χ0v) is 12.3. The predicted octanol–water partition coefficient (Wildman–Crippen LogP) is 2.65. The molecule has 1 unspecified atom stereocenters. The molecule has 4 heteroatoms. The minimum Gasteiger partial charge on any atom is -0.491 e. The Kier molecular flexibility index (Phi) is 5.93. The van der Waals surface area contributed by atoms with Crippen LogP contribution < -0.4 is 4.74 Å². The number of rotatable bonds is 6. The van der Waals surface area contributed by atoms with E-state index in [9.17, 15) is 5.11 Å². The average Bonchev–Trinajstić information content (AvgIpc) is 2.33. The van der Waals surface area contributed by atoms with E-state index < -0.39 is 6.10 Å². The highest BCUT2D eigenvalue weighted by atomic mass is 35.5. The smallest absolute Gasteiger partial charge is 0.120 e. The molecule has 0 heterocycles. The third-order valence-corrected chi connectivity index (χ3v) is 3.51. The van der Waals surface area contributed by atoms with E-state index in [-0.39, 0.29) is 0 Å². The van der Waals surface area contributed by atoms with Gasteiger partial charge in [-0.25, -0.2) is 0 Å². The Morgan fingerprint density at radius 3 is 2.39 bits per heavy atom. The number of hydrogen-bond acceptors (Lipinski definition) is 3. The lowest BCUT2D eigenvalue weighted by Gasteiger charge is -2.19. The summed E-state index contributed by atoms with van der Waals surface area (Å²) in [6, 6.07) is 3.79. The minimum absolute atomic E-state index is 0.296. The van der Waals surface area contributed by atoms with Gasteiger partial charge in [0.05, 0.1) is 0 Å². The van der Waals surface area contributed by atoms with E-state index in [2.05, 4.69) is 6.92 Å². The fraction of sp³-hybridized carbons (Fsp3) is 0.571. The van der Waals surface area contributed by atoms with E-state index in [0.717, 1.165) is 28.4 Å². The molecule has 1 aromatic rings. The summed E-state index contributed by atoms with van der Waals surface area (Å²) >= 11 is 6.09. The maximum atomic E-state index is 9.81. The van der Waals surface area contributed by atoms with Crippen molar-refractivity contribution in [2.24, 2.45) is 0 Å². The van der Waals surface area contributed by atoms with Crippen LogP contribution in [0.4, 0.5) is 0 Å². The summed E-state index contributed by atoms with van der Waals surface area (Å²) in [7, 11) is 1.97. The van der Waals surface area contributed by atoms with E-state index in [1.165, 1.54) is 0 Å². The summed E-state index contributed by atoms with van der Waals surface area (Å²) in [6.07, 6.45) is -0.480. The first-order valence-electron chi connectivity index (χ1n) is 6.20. The van der Waals surface area contributed by atoms with Gasteiger partial charge in [0.25, 0.3) is 0 Å². The summed E-state index contributed by atoms with van der Waals surface area (Å²) < 4.78 is 5.59. The Balaban J connectivity index is 2.53. The van der Waals surface area contributed by atoms with E-state index >= 15 is 0 Å². The number of halogens is 1. The highest BCUT2D eigenvalue weighted by Gasteiger charge is 2.09. The molecule has 0 saturated carbocycles. The summed E-state index contributed by atoms with van der Waals surface area (Å²) in [5.41, 5.74) is 1.98. The molecule has 0 aromatic heterocycles. The van der Waals surface area contributed by atoms with Gasteiger partial charge in [-0.2, -0.15) is 0 Å². The molecule has 0 aliphatic heterocycles. The Hall–Kier alpha value is -0.770. The fourth-order valence-electron chi connectivity index (χ4n) is 1.72. The van der Waals surface area contributed by atoms with Gasteiger partial charge < -0.3 is 14.7 Å². The highest BCUT2D eigenvalue weighted by Crippen LogP contribution is 2.25. The second kappa shape index (κ2) is 6.98. The maximum absolute atomic E-state index is 9.81. The maximum Gasteiger partial charge on any atom is 0.120 e. The van der Waals surface area contributed by atoms with E-state index in [1.54, 1.807) is 0 Å². The Labute approximate surface area is 114 Å². The van der Waals surface area contributed by atoms with E-state index in [0.29, 0.717) is 13.2 Å². The normalized spacial score (nSPS) is 12.8. The predicted molar refractivity (Wildman–Crippen MR) is 75.6 cm³/mol. The summed E-state index contributed by atoms with van der Waals surface area (Å²) in [5, 5.41) is 10.6. The molecule has 3 nitrogen and oxygen atoms in total. The third-order valence-electron chi connectivity index (χ3n) is 2.91. The molecule has 1 N–H and O–H groups in total. The lowest BCUT2D eigenvalue weighted by atomic mass is 10.1. The van der Waals surface area contributed by atoms with Crippen LogP contribution in [0, 0.1) is 13.8 Å². The monoisotopic (exact) mass is 271 g/mol. The first kappa shape index (κ1) is 15.3. The number of hydrogen-bond donors (Lipinski definition) is 1. The summed E-state index contributed by atoms with van der Waals surface area (Å²) in [4.78, 5) is 2.05. The first-order chi connectivity index (χ1) is 8.43. The summed E-state index contributed by atoms with van der Waals surface area (Å²) in [5.74, 6) is 0.757. The second-order valence-corrected chi connectivity index (χ2v) is 5.07. The zero-order chi connectivity index (χ0) is 13.7. The van der Waals surface area contributed by atoms with Gasteiger partial charge in [0.1, 0.15) is 18.5 Å². The molecule has 18 heavy (non-hydrogen) atoms. The van der Waals surface area contributed by atoms with Crippen molar-refractivity contribution in [3.8, 4) is 5.75 Å². The standard InChI is InChI=1S/C14H22ClNO2/c1-5-16(4)8-12(17)9-18-13-6-10(2)14(15)11(3)7-13/h6-7,12,17H,5,8-9H2,1-4H3. The molecule has 0 fully saturated rings.